The van der Waals surface area contributed by atoms with Crippen LogP contribution in [0.5, 0.6) is 0 Å². The molecular formula is C29H24FN7O. The van der Waals surface area contributed by atoms with Gasteiger partial charge in [0, 0.05) is 40.9 Å². The van der Waals surface area contributed by atoms with Gasteiger partial charge in [0.2, 0.25) is 5.91 Å². The number of aromatic amines is 2. The minimum absolute atomic E-state index is 0.0216. The molecule has 0 unspecified atom stereocenters. The third-order valence-electron chi connectivity index (χ3n) is 6.46. The van der Waals surface area contributed by atoms with Gasteiger partial charge in [0.05, 0.1) is 22.9 Å². The number of H-pyrrole nitrogens is 2. The molecule has 0 radical (unpaired) electrons. The Kier molecular flexibility index (Phi) is 6.09. The Bertz CT molecular complexity index is 1790. The molecule has 6 rings (SSSR count). The number of amides is 1. The summed E-state index contributed by atoms with van der Waals surface area (Å²) >= 11 is 0. The Hall–Kier alpha value is -4.92. The fourth-order valence-electron chi connectivity index (χ4n) is 4.53. The van der Waals surface area contributed by atoms with Crippen molar-refractivity contribution in [2.45, 2.75) is 26.2 Å². The lowest BCUT2D eigenvalue weighted by atomic mass is 10.0. The first-order valence-electron chi connectivity index (χ1n) is 12.4. The maximum atomic E-state index is 14.6. The Morgan fingerprint density at radius 1 is 1.03 bits per heavy atom. The van der Waals surface area contributed by atoms with Crippen molar-refractivity contribution in [1.82, 2.24) is 30.1 Å². The molecule has 0 saturated heterocycles. The molecule has 188 valence electrons. The van der Waals surface area contributed by atoms with E-state index in [0.29, 0.717) is 45.9 Å². The Labute approximate surface area is 217 Å². The van der Waals surface area contributed by atoms with Crippen LogP contribution >= 0.6 is 0 Å². The van der Waals surface area contributed by atoms with Crippen LogP contribution in [-0.2, 0) is 4.79 Å². The van der Waals surface area contributed by atoms with Crippen LogP contribution in [0.1, 0.15) is 26.2 Å². The van der Waals surface area contributed by atoms with E-state index in [1.807, 2.05) is 24.3 Å². The lowest BCUT2D eigenvalue weighted by Crippen LogP contribution is -2.11. The first kappa shape index (κ1) is 23.5. The van der Waals surface area contributed by atoms with Gasteiger partial charge in [-0.2, -0.15) is 5.10 Å². The number of pyridine rings is 2. The molecule has 8 nitrogen and oxygen atoms in total. The van der Waals surface area contributed by atoms with Crippen LogP contribution in [0.2, 0.25) is 0 Å². The molecule has 0 aliphatic heterocycles. The highest BCUT2D eigenvalue weighted by Crippen LogP contribution is 2.33. The standard InChI is InChI=1S/C29H24FN7O/c1-2-3-8-25(38)33-19-13-18(15-31-16-19)17-9-10-24-22(14-17)27(37-36-24)29-34-26-21(11-12-32-28(26)35-29)20-6-4-5-7-23(20)30/h4-7,9-16H,2-3,8H2,1H3,(H,33,38)(H,36,37)(H,32,34,35). The van der Waals surface area contributed by atoms with Crippen LogP contribution in [0.4, 0.5) is 10.1 Å². The van der Waals surface area contributed by atoms with Gasteiger partial charge in [0.1, 0.15) is 11.5 Å². The number of rotatable bonds is 7. The molecular weight excluding hydrogens is 481 g/mol. The predicted molar refractivity (Wildman–Crippen MR) is 146 cm³/mol. The molecule has 6 aromatic rings. The first-order valence-corrected chi connectivity index (χ1v) is 12.4. The normalized spacial score (nSPS) is 11.3. The smallest absolute Gasteiger partial charge is 0.224 e. The van der Waals surface area contributed by atoms with E-state index < -0.39 is 0 Å². The summed E-state index contributed by atoms with van der Waals surface area (Å²) in [5, 5.41) is 11.3. The number of nitrogens with zero attached hydrogens (tertiary/aromatic N) is 4. The van der Waals surface area contributed by atoms with Crippen molar-refractivity contribution in [3.8, 4) is 33.8 Å². The second kappa shape index (κ2) is 9.85. The van der Waals surface area contributed by atoms with Crippen molar-refractivity contribution in [2.24, 2.45) is 0 Å². The molecule has 0 aliphatic carbocycles. The monoisotopic (exact) mass is 505 g/mol. The summed E-state index contributed by atoms with van der Waals surface area (Å²) in [7, 11) is 0. The highest BCUT2D eigenvalue weighted by atomic mass is 19.1. The number of hydrogen-bond acceptors (Lipinski definition) is 5. The minimum Gasteiger partial charge on any atom is -0.335 e. The number of fused-ring (bicyclic) bond motifs is 2. The second-order valence-corrected chi connectivity index (χ2v) is 9.07. The number of carbonyl (C=O) groups excluding carboxylic acids is 1. The van der Waals surface area contributed by atoms with Crippen LogP contribution in [0.25, 0.3) is 55.8 Å². The quantitative estimate of drug-likeness (QED) is 0.229. The average Bonchev–Trinajstić information content (AvgIpc) is 3.56. The number of unbranched alkanes of at least 4 members (excludes halogenated alkanes) is 1. The van der Waals surface area contributed by atoms with Crippen molar-refractivity contribution >= 4 is 33.7 Å². The summed E-state index contributed by atoms with van der Waals surface area (Å²) in [5.74, 6) is 0.185. The average molecular weight is 506 g/mol. The summed E-state index contributed by atoms with van der Waals surface area (Å²) in [6.45, 7) is 2.06. The highest BCUT2D eigenvalue weighted by molar-refractivity contribution is 5.98. The zero-order chi connectivity index (χ0) is 26.1. The first-order chi connectivity index (χ1) is 18.6. The maximum absolute atomic E-state index is 14.6. The van der Waals surface area contributed by atoms with Gasteiger partial charge in [-0.25, -0.2) is 14.4 Å². The summed E-state index contributed by atoms with van der Waals surface area (Å²) < 4.78 is 14.6. The van der Waals surface area contributed by atoms with Gasteiger partial charge >= 0.3 is 0 Å². The Morgan fingerprint density at radius 3 is 2.79 bits per heavy atom. The Balaban J connectivity index is 1.38. The van der Waals surface area contributed by atoms with Crippen molar-refractivity contribution in [3.63, 3.8) is 0 Å². The van der Waals surface area contributed by atoms with Gasteiger partial charge < -0.3 is 10.3 Å². The number of benzene rings is 2. The predicted octanol–water partition coefficient (Wildman–Crippen LogP) is 6.50. The molecule has 3 N–H and O–H groups in total. The molecule has 0 atom stereocenters. The van der Waals surface area contributed by atoms with Crippen LogP contribution in [-0.4, -0.2) is 36.0 Å². The number of hydrogen-bond donors (Lipinski definition) is 3. The largest absolute Gasteiger partial charge is 0.335 e. The van der Waals surface area contributed by atoms with Crippen LogP contribution in [0.3, 0.4) is 0 Å². The number of aromatic nitrogens is 6. The summed E-state index contributed by atoms with van der Waals surface area (Å²) in [5.41, 5.74) is 6.15. The lowest BCUT2D eigenvalue weighted by Gasteiger charge is -2.07. The highest BCUT2D eigenvalue weighted by Gasteiger charge is 2.17. The van der Waals surface area contributed by atoms with Gasteiger partial charge in [0.25, 0.3) is 0 Å². The van der Waals surface area contributed by atoms with Gasteiger partial charge in [-0.15, -0.1) is 0 Å². The van der Waals surface area contributed by atoms with E-state index in [4.69, 9.17) is 0 Å². The van der Waals surface area contributed by atoms with E-state index in [0.717, 1.165) is 34.9 Å². The van der Waals surface area contributed by atoms with Gasteiger partial charge in [-0.1, -0.05) is 37.6 Å². The summed E-state index contributed by atoms with van der Waals surface area (Å²) in [6.07, 6.45) is 7.31. The fourth-order valence-corrected chi connectivity index (χ4v) is 4.53. The van der Waals surface area contributed by atoms with Crippen LogP contribution in [0, 0.1) is 5.82 Å². The van der Waals surface area contributed by atoms with Crippen molar-refractivity contribution in [2.75, 3.05) is 5.32 Å². The lowest BCUT2D eigenvalue weighted by molar-refractivity contribution is -0.116. The van der Waals surface area contributed by atoms with Gasteiger partial charge in [0.15, 0.2) is 11.5 Å². The van der Waals surface area contributed by atoms with Crippen LogP contribution < -0.4 is 5.32 Å². The van der Waals surface area contributed by atoms with E-state index in [1.165, 1.54) is 6.07 Å². The van der Waals surface area contributed by atoms with E-state index >= 15 is 0 Å². The van der Waals surface area contributed by atoms with Crippen molar-refractivity contribution < 1.29 is 9.18 Å². The van der Waals surface area contributed by atoms with Crippen molar-refractivity contribution in [3.05, 3.63) is 79.0 Å². The number of imidazole rings is 1. The molecule has 4 aromatic heterocycles. The maximum Gasteiger partial charge on any atom is 0.224 e. The molecule has 0 saturated carbocycles. The van der Waals surface area contributed by atoms with Gasteiger partial charge in [-0.05, 0) is 42.3 Å². The second-order valence-electron chi connectivity index (χ2n) is 9.07. The molecule has 0 aliphatic rings. The molecule has 0 spiro atoms. The molecule has 2 aromatic carbocycles. The zero-order valence-electron chi connectivity index (χ0n) is 20.6. The number of nitrogens with one attached hydrogen (secondary N) is 3. The topological polar surface area (TPSA) is 112 Å². The number of halogens is 1. The van der Waals surface area contributed by atoms with E-state index in [2.05, 4.69) is 42.4 Å². The number of carbonyl (C=O) groups is 1. The third kappa shape index (κ3) is 4.39. The van der Waals surface area contributed by atoms with Crippen molar-refractivity contribution in [1.29, 1.82) is 0 Å². The van der Waals surface area contributed by atoms with E-state index in [-0.39, 0.29) is 11.7 Å². The molecule has 38 heavy (non-hydrogen) atoms. The molecule has 4 heterocycles. The summed E-state index contributed by atoms with van der Waals surface area (Å²) in [4.78, 5) is 28.9. The third-order valence-corrected chi connectivity index (χ3v) is 6.46. The zero-order valence-corrected chi connectivity index (χ0v) is 20.6. The SMILES string of the molecule is CCCCC(=O)Nc1cncc(-c2ccc3[nH]nc(-c4nc5nccc(-c6ccccc6F)c5[nH]4)c3c2)c1. The fraction of sp³-hybridized carbons (Fsp3) is 0.138. The van der Waals surface area contributed by atoms with Crippen LogP contribution in [0.15, 0.2) is 73.2 Å². The van der Waals surface area contributed by atoms with E-state index in [9.17, 15) is 9.18 Å². The molecule has 0 fully saturated rings. The van der Waals surface area contributed by atoms with Gasteiger partial charge in [-0.3, -0.25) is 14.9 Å². The Morgan fingerprint density at radius 2 is 1.92 bits per heavy atom. The molecule has 1 amide bonds. The van der Waals surface area contributed by atoms with E-state index in [1.54, 1.807) is 42.9 Å². The number of anilines is 1. The molecule has 0 bridgehead atoms. The molecule has 9 heteroatoms. The summed E-state index contributed by atoms with van der Waals surface area (Å²) in [6, 6.07) is 16.2. The minimum atomic E-state index is -0.316.